The first-order valence-corrected chi connectivity index (χ1v) is 9.66. The lowest BCUT2D eigenvalue weighted by Crippen LogP contribution is -2.10. The summed E-state index contributed by atoms with van der Waals surface area (Å²) in [7, 11) is 1.90. The van der Waals surface area contributed by atoms with E-state index in [-0.39, 0.29) is 10.9 Å². The molecule has 0 fully saturated rings. The molecule has 0 aliphatic carbocycles. The number of rotatable bonds is 2. The van der Waals surface area contributed by atoms with E-state index in [1.165, 1.54) is 0 Å². The van der Waals surface area contributed by atoms with Crippen LogP contribution in [0.1, 0.15) is 16.7 Å². The minimum absolute atomic E-state index is 0.0277. The van der Waals surface area contributed by atoms with Crippen LogP contribution < -0.4 is 16.2 Å². The molecular formula is C24H21N3O2. The molecule has 5 rings (SSSR count). The molecule has 0 saturated heterocycles. The zero-order valence-electron chi connectivity index (χ0n) is 16.6. The van der Waals surface area contributed by atoms with Gasteiger partial charge in [-0.15, -0.1) is 0 Å². The van der Waals surface area contributed by atoms with Crippen LogP contribution in [0.15, 0.2) is 52.1 Å². The van der Waals surface area contributed by atoms with Crippen molar-refractivity contribution in [1.29, 1.82) is 0 Å². The van der Waals surface area contributed by atoms with Crippen molar-refractivity contribution in [3.8, 4) is 0 Å². The quantitative estimate of drug-likeness (QED) is 0.403. The Labute approximate surface area is 166 Å². The van der Waals surface area contributed by atoms with Crippen LogP contribution in [0, 0.1) is 13.8 Å². The highest BCUT2D eigenvalue weighted by Gasteiger charge is 2.12. The van der Waals surface area contributed by atoms with Crippen LogP contribution in [-0.2, 0) is 6.54 Å². The highest BCUT2D eigenvalue weighted by Crippen LogP contribution is 2.23. The SMILES string of the molecule is CNCc1cc2[nH]c3cc4c(=O)c5cc(C)ccc5[nH]c4cc3c(=O)c2cc1C. The Morgan fingerprint density at radius 1 is 0.724 bits per heavy atom. The van der Waals surface area contributed by atoms with Crippen molar-refractivity contribution >= 4 is 43.6 Å². The molecule has 0 spiro atoms. The summed E-state index contributed by atoms with van der Waals surface area (Å²) in [5, 5.41) is 5.63. The molecule has 5 nitrogen and oxygen atoms in total. The summed E-state index contributed by atoms with van der Waals surface area (Å²) in [5.41, 5.74) is 6.10. The minimum Gasteiger partial charge on any atom is -0.354 e. The number of aryl methyl sites for hydroxylation is 2. The number of aromatic amines is 2. The predicted octanol–water partition coefficient (Wildman–Crippen LogP) is 4.01. The van der Waals surface area contributed by atoms with Gasteiger partial charge in [-0.25, -0.2) is 0 Å². The Hall–Kier alpha value is -3.44. The van der Waals surface area contributed by atoms with E-state index in [0.29, 0.717) is 32.6 Å². The Morgan fingerprint density at radius 3 is 1.93 bits per heavy atom. The molecule has 0 amide bonds. The molecule has 0 aliphatic heterocycles. The molecule has 0 saturated carbocycles. The van der Waals surface area contributed by atoms with E-state index in [2.05, 4.69) is 15.3 Å². The molecule has 2 aromatic heterocycles. The first-order chi connectivity index (χ1) is 14.0. The van der Waals surface area contributed by atoms with Crippen LogP contribution in [0.2, 0.25) is 0 Å². The van der Waals surface area contributed by atoms with Gasteiger partial charge in [-0.1, -0.05) is 11.6 Å². The molecule has 0 aliphatic rings. The minimum atomic E-state index is -0.0281. The van der Waals surface area contributed by atoms with E-state index in [0.717, 1.165) is 34.3 Å². The lowest BCUT2D eigenvalue weighted by atomic mass is 10.0. The van der Waals surface area contributed by atoms with Crippen LogP contribution >= 0.6 is 0 Å². The maximum absolute atomic E-state index is 13.2. The maximum atomic E-state index is 13.2. The van der Waals surface area contributed by atoms with E-state index in [1.807, 2.05) is 51.2 Å². The first-order valence-electron chi connectivity index (χ1n) is 9.66. The Kier molecular flexibility index (Phi) is 3.83. The van der Waals surface area contributed by atoms with Crippen molar-refractivity contribution in [3.63, 3.8) is 0 Å². The normalized spacial score (nSPS) is 11.8. The number of hydrogen-bond donors (Lipinski definition) is 3. The van der Waals surface area contributed by atoms with Gasteiger partial charge in [-0.05, 0) is 68.4 Å². The molecule has 3 aromatic carbocycles. The van der Waals surface area contributed by atoms with Gasteiger partial charge in [0.2, 0.25) is 0 Å². The Morgan fingerprint density at radius 2 is 1.28 bits per heavy atom. The second-order valence-electron chi connectivity index (χ2n) is 7.76. The number of hydrogen-bond acceptors (Lipinski definition) is 3. The molecule has 0 radical (unpaired) electrons. The van der Waals surface area contributed by atoms with E-state index < -0.39 is 0 Å². The molecule has 144 valence electrons. The average Bonchev–Trinajstić information content (AvgIpc) is 2.70. The monoisotopic (exact) mass is 383 g/mol. The predicted molar refractivity (Wildman–Crippen MR) is 120 cm³/mol. The molecule has 5 aromatic rings. The van der Waals surface area contributed by atoms with Gasteiger partial charge in [0.15, 0.2) is 10.9 Å². The standard InChI is InChI=1S/C24H21N3O2/c1-12-4-5-19-15(6-12)23(28)17-10-22-18(9-21(17)26-19)24(29)16-7-13(2)14(11-25-3)8-20(16)27-22/h4-10,25H,11H2,1-3H3,(H,26,28)(H,27,29). The number of aromatic nitrogens is 2. The Balaban J connectivity index is 1.91. The van der Waals surface area contributed by atoms with Gasteiger partial charge in [0.25, 0.3) is 0 Å². The fourth-order valence-corrected chi connectivity index (χ4v) is 4.14. The van der Waals surface area contributed by atoms with E-state index in [4.69, 9.17) is 0 Å². The van der Waals surface area contributed by atoms with E-state index >= 15 is 0 Å². The van der Waals surface area contributed by atoms with Crippen LogP contribution in [0.25, 0.3) is 43.6 Å². The van der Waals surface area contributed by atoms with E-state index in [1.54, 1.807) is 12.1 Å². The fourth-order valence-electron chi connectivity index (χ4n) is 4.14. The average molecular weight is 383 g/mol. The summed E-state index contributed by atoms with van der Waals surface area (Å²) in [6.45, 7) is 4.71. The summed E-state index contributed by atoms with van der Waals surface area (Å²) in [6.07, 6.45) is 0. The second kappa shape index (κ2) is 6.29. The van der Waals surface area contributed by atoms with E-state index in [9.17, 15) is 9.59 Å². The van der Waals surface area contributed by atoms with Gasteiger partial charge in [-0.2, -0.15) is 0 Å². The molecule has 3 N–H and O–H groups in total. The summed E-state index contributed by atoms with van der Waals surface area (Å²) >= 11 is 0. The summed E-state index contributed by atoms with van der Waals surface area (Å²) in [4.78, 5) is 33.0. The maximum Gasteiger partial charge on any atom is 0.197 e. The van der Waals surface area contributed by atoms with Crippen LogP contribution in [-0.4, -0.2) is 17.0 Å². The van der Waals surface area contributed by atoms with Crippen LogP contribution in [0.3, 0.4) is 0 Å². The third-order valence-electron chi connectivity index (χ3n) is 5.69. The van der Waals surface area contributed by atoms with Crippen molar-refractivity contribution in [3.05, 3.63) is 79.6 Å². The topological polar surface area (TPSA) is 77.8 Å². The highest BCUT2D eigenvalue weighted by atomic mass is 16.1. The summed E-state index contributed by atoms with van der Waals surface area (Å²) in [6, 6.07) is 13.3. The first kappa shape index (κ1) is 17.6. The number of nitrogens with one attached hydrogen (secondary N) is 3. The van der Waals surface area contributed by atoms with Gasteiger partial charge >= 0.3 is 0 Å². The summed E-state index contributed by atoms with van der Waals surface area (Å²) in [5.74, 6) is 0. The number of pyridine rings is 2. The largest absolute Gasteiger partial charge is 0.354 e. The smallest absolute Gasteiger partial charge is 0.197 e. The van der Waals surface area contributed by atoms with Crippen molar-refractivity contribution in [2.75, 3.05) is 7.05 Å². The zero-order chi connectivity index (χ0) is 20.3. The Bertz CT molecular complexity index is 1580. The van der Waals surface area contributed by atoms with Crippen molar-refractivity contribution in [1.82, 2.24) is 15.3 Å². The van der Waals surface area contributed by atoms with Gasteiger partial charge in [0.05, 0.1) is 16.6 Å². The number of fused-ring (bicyclic) bond motifs is 4. The van der Waals surface area contributed by atoms with Crippen molar-refractivity contribution < 1.29 is 0 Å². The number of benzene rings is 3. The van der Waals surface area contributed by atoms with Gasteiger partial charge in [0.1, 0.15) is 0 Å². The van der Waals surface area contributed by atoms with Gasteiger partial charge in [-0.3, -0.25) is 9.59 Å². The van der Waals surface area contributed by atoms with Gasteiger partial charge < -0.3 is 15.3 Å². The molecule has 2 heterocycles. The van der Waals surface area contributed by atoms with Crippen LogP contribution in [0.4, 0.5) is 0 Å². The number of H-pyrrole nitrogens is 2. The zero-order valence-corrected chi connectivity index (χ0v) is 16.6. The second-order valence-corrected chi connectivity index (χ2v) is 7.76. The van der Waals surface area contributed by atoms with Gasteiger partial charge in [0, 0.05) is 33.6 Å². The van der Waals surface area contributed by atoms with Crippen molar-refractivity contribution in [2.24, 2.45) is 0 Å². The summed E-state index contributed by atoms with van der Waals surface area (Å²) < 4.78 is 0. The molecule has 29 heavy (non-hydrogen) atoms. The molecule has 5 heteroatoms. The molecule has 0 bridgehead atoms. The van der Waals surface area contributed by atoms with Crippen LogP contribution in [0.5, 0.6) is 0 Å². The lowest BCUT2D eigenvalue weighted by molar-refractivity contribution is 0.813. The third kappa shape index (κ3) is 2.66. The third-order valence-corrected chi connectivity index (χ3v) is 5.69. The van der Waals surface area contributed by atoms with Crippen molar-refractivity contribution in [2.45, 2.75) is 20.4 Å². The molecular weight excluding hydrogens is 362 g/mol. The highest BCUT2D eigenvalue weighted by molar-refractivity contribution is 6.02. The molecule has 0 unspecified atom stereocenters. The lowest BCUT2D eigenvalue weighted by Gasteiger charge is -2.10. The molecule has 0 atom stereocenters. The fraction of sp³-hybridized carbons (Fsp3) is 0.167.